The topological polar surface area (TPSA) is 77.4 Å². The molecule has 126 valence electrons. The van der Waals surface area contributed by atoms with E-state index in [1.54, 1.807) is 19.1 Å². The molecule has 0 aliphatic rings. The fourth-order valence-corrected chi connectivity index (χ4v) is 2.16. The largest absolute Gasteiger partial charge is 0.457 e. The molecule has 1 N–H and O–H groups in total. The van der Waals surface area contributed by atoms with E-state index in [0.29, 0.717) is 0 Å². The monoisotopic (exact) mass is 332 g/mol. The Morgan fingerprint density at radius 1 is 1.29 bits per heavy atom. The molecule has 0 aliphatic carbocycles. The van der Waals surface area contributed by atoms with Crippen molar-refractivity contribution in [1.82, 2.24) is 9.88 Å². The zero-order valence-electron chi connectivity index (χ0n) is 13.6. The molecule has 1 amide bonds. The minimum absolute atomic E-state index is 0.0313. The van der Waals surface area contributed by atoms with Gasteiger partial charge in [0.05, 0.1) is 5.56 Å². The highest BCUT2D eigenvalue weighted by Crippen LogP contribution is 2.12. The SMILES string of the molecule is CNC(=O)c1cc(C(=O)OCc2cc(C)ccc2F)cn(C)c1=O. The predicted octanol–water partition coefficient (Wildman–Crippen LogP) is 1.55. The highest BCUT2D eigenvalue weighted by Gasteiger charge is 2.17. The van der Waals surface area contributed by atoms with Crippen molar-refractivity contribution in [2.75, 3.05) is 7.05 Å². The van der Waals surface area contributed by atoms with Gasteiger partial charge in [-0.05, 0) is 25.1 Å². The summed E-state index contributed by atoms with van der Waals surface area (Å²) >= 11 is 0. The van der Waals surface area contributed by atoms with E-state index in [0.717, 1.165) is 16.2 Å². The summed E-state index contributed by atoms with van der Waals surface area (Å²) in [6.45, 7) is 1.55. The van der Waals surface area contributed by atoms with Crippen molar-refractivity contribution in [2.45, 2.75) is 13.5 Å². The van der Waals surface area contributed by atoms with Crippen LogP contribution in [0.25, 0.3) is 0 Å². The van der Waals surface area contributed by atoms with Crippen LogP contribution in [-0.4, -0.2) is 23.5 Å². The Balaban J connectivity index is 2.24. The molecule has 6 nitrogen and oxygen atoms in total. The van der Waals surface area contributed by atoms with Crippen LogP contribution in [0.2, 0.25) is 0 Å². The Morgan fingerprint density at radius 2 is 2.00 bits per heavy atom. The summed E-state index contributed by atoms with van der Waals surface area (Å²) in [4.78, 5) is 35.8. The standard InChI is InChI=1S/C17H17FN2O4/c1-10-4-5-14(18)12(6-10)9-24-17(23)11-7-13(15(21)19-2)16(22)20(3)8-11/h4-8H,9H2,1-3H3,(H,19,21). The van der Waals surface area contributed by atoms with E-state index in [9.17, 15) is 18.8 Å². The van der Waals surface area contributed by atoms with Crippen LogP contribution in [0.5, 0.6) is 0 Å². The molecule has 0 atom stereocenters. The van der Waals surface area contributed by atoms with Crippen molar-refractivity contribution >= 4 is 11.9 Å². The molecule has 1 heterocycles. The number of hydrogen-bond donors (Lipinski definition) is 1. The summed E-state index contributed by atoms with van der Waals surface area (Å²) in [5, 5.41) is 2.33. The first kappa shape index (κ1) is 17.4. The van der Waals surface area contributed by atoms with Crippen molar-refractivity contribution in [2.24, 2.45) is 7.05 Å². The Hall–Kier alpha value is -2.96. The van der Waals surface area contributed by atoms with Crippen LogP contribution >= 0.6 is 0 Å². The van der Waals surface area contributed by atoms with Gasteiger partial charge < -0.3 is 14.6 Å². The van der Waals surface area contributed by atoms with Crippen LogP contribution in [0, 0.1) is 12.7 Å². The summed E-state index contributed by atoms with van der Waals surface area (Å²) in [5.74, 6) is -1.83. The first-order valence-electron chi connectivity index (χ1n) is 7.18. The van der Waals surface area contributed by atoms with Gasteiger partial charge in [-0.15, -0.1) is 0 Å². The molecule has 0 saturated carbocycles. The quantitative estimate of drug-likeness (QED) is 0.862. The maximum Gasteiger partial charge on any atom is 0.339 e. The second-order valence-electron chi connectivity index (χ2n) is 5.31. The van der Waals surface area contributed by atoms with E-state index in [2.05, 4.69) is 5.32 Å². The molecule has 0 fully saturated rings. The number of ether oxygens (including phenoxy) is 1. The molecule has 0 aliphatic heterocycles. The summed E-state index contributed by atoms with van der Waals surface area (Å²) < 4.78 is 19.9. The van der Waals surface area contributed by atoms with Gasteiger partial charge >= 0.3 is 5.97 Å². The number of benzene rings is 1. The third kappa shape index (κ3) is 3.68. The molecule has 24 heavy (non-hydrogen) atoms. The number of pyridine rings is 1. The highest BCUT2D eigenvalue weighted by molar-refractivity contribution is 5.97. The minimum atomic E-state index is -0.753. The van der Waals surface area contributed by atoms with Crippen molar-refractivity contribution in [3.63, 3.8) is 0 Å². The molecule has 1 aromatic carbocycles. The normalized spacial score (nSPS) is 10.3. The molecule has 0 saturated heterocycles. The average molecular weight is 332 g/mol. The number of aromatic nitrogens is 1. The lowest BCUT2D eigenvalue weighted by Crippen LogP contribution is -2.31. The Bertz CT molecular complexity index is 858. The van der Waals surface area contributed by atoms with Gasteiger partial charge in [0.2, 0.25) is 0 Å². The number of amides is 1. The van der Waals surface area contributed by atoms with Gasteiger partial charge in [0.1, 0.15) is 18.0 Å². The number of carbonyl (C=O) groups is 2. The van der Waals surface area contributed by atoms with Crippen molar-refractivity contribution in [3.8, 4) is 0 Å². The van der Waals surface area contributed by atoms with E-state index in [1.165, 1.54) is 26.4 Å². The maximum atomic E-state index is 13.7. The van der Waals surface area contributed by atoms with Crippen LogP contribution < -0.4 is 10.9 Å². The number of rotatable bonds is 4. The number of nitrogens with one attached hydrogen (secondary N) is 1. The molecule has 0 bridgehead atoms. The number of esters is 1. The second kappa shape index (κ2) is 7.08. The Labute approximate surface area is 137 Å². The molecular weight excluding hydrogens is 315 g/mol. The van der Waals surface area contributed by atoms with E-state index >= 15 is 0 Å². The Morgan fingerprint density at radius 3 is 2.67 bits per heavy atom. The molecule has 0 radical (unpaired) electrons. The third-order valence-electron chi connectivity index (χ3n) is 3.45. The van der Waals surface area contributed by atoms with Gasteiger partial charge in [0.15, 0.2) is 0 Å². The van der Waals surface area contributed by atoms with E-state index in [4.69, 9.17) is 4.74 Å². The third-order valence-corrected chi connectivity index (χ3v) is 3.45. The van der Waals surface area contributed by atoms with Gasteiger partial charge in [-0.3, -0.25) is 9.59 Å². The van der Waals surface area contributed by atoms with Crippen LogP contribution in [0.4, 0.5) is 4.39 Å². The fraction of sp³-hybridized carbons (Fsp3) is 0.235. The number of aryl methyl sites for hydroxylation is 2. The van der Waals surface area contributed by atoms with E-state index in [1.807, 2.05) is 0 Å². The molecule has 0 spiro atoms. The lowest BCUT2D eigenvalue weighted by molar-refractivity contribution is 0.0468. The minimum Gasteiger partial charge on any atom is -0.457 e. The van der Waals surface area contributed by atoms with Crippen molar-refractivity contribution in [1.29, 1.82) is 0 Å². The van der Waals surface area contributed by atoms with Crippen molar-refractivity contribution < 1.29 is 18.7 Å². The molecule has 1 aromatic heterocycles. The summed E-state index contributed by atoms with van der Waals surface area (Å²) in [7, 11) is 2.80. The summed E-state index contributed by atoms with van der Waals surface area (Å²) in [6.07, 6.45) is 1.27. The smallest absolute Gasteiger partial charge is 0.339 e. The zero-order chi connectivity index (χ0) is 17.9. The number of halogens is 1. The van der Waals surface area contributed by atoms with Crippen molar-refractivity contribution in [3.05, 3.63) is 68.9 Å². The number of hydrogen-bond acceptors (Lipinski definition) is 4. The van der Waals surface area contributed by atoms with Gasteiger partial charge in [-0.25, -0.2) is 9.18 Å². The molecule has 2 aromatic rings. The van der Waals surface area contributed by atoms with E-state index in [-0.39, 0.29) is 23.3 Å². The first-order valence-corrected chi connectivity index (χ1v) is 7.18. The first-order chi connectivity index (χ1) is 11.3. The summed E-state index contributed by atoms with van der Waals surface area (Å²) in [6, 6.07) is 5.66. The van der Waals surface area contributed by atoms with Gasteiger partial charge in [0.25, 0.3) is 11.5 Å². The molecule has 7 heteroatoms. The molecule has 0 unspecified atom stereocenters. The molecular formula is C17H17FN2O4. The maximum absolute atomic E-state index is 13.7. The summed E-state index contributed by atoms with van der Waals surface area (Å²) in [5.41, 5.74) is 0.418. The van der Waals surface area contributed by atoms with Crippen LogP contribution in [0.1, 0.15) is 31.8 Å². The second-order valence-corrected chi connectivity index (χ2v) is 5.31. The number of carbonyl (C=O) groups excluding carboxylic acids is 2. The Kier molecular flexibility index (Phi) is 5.13. The van der Waals surface area contributed by atoms with Gasteiger partial charge in [-0.1, -0.05) is 11.6 Å². The van der Waals surface area contributed by atoms with Crippen LogP contribution in [0.15, 0.2) is 35.3 Å². The zero-order valence-corrected chi connectivity index (χ0v) is 13.6. The average Bonchev–Trinajstić information content (AvgIpc) is 2.56. The van der Waals surface area contributed by atoms with Crippen LogP contribution in [-0.2, 0) is 18.4 Å². The molecule has 2 rings (SSSR count). The lowest BCUT2D eigenvalue weighted by atomic mass is 10.1. The fourth-order valence-electron chi connectivity index (χ4n) is 2.16. The lowest BCUT2D eigenvalue weighted by Gasteiger charge is -2.09. The van der Waals surface area contributed by atoms with Gasteiger partial charge in [-0.2, -0.15) is 0 Å². The van der Waals surface area contributed by atoms with Gasteiger partial charge in [0, 0.05) is 25.9 Å². The predicted molar refractivity (Wildman–Crippen MR) is 85.3 cm³/mol. The van der Waals surface area contributed by atoms with E-state index < -0.39 is 23.3 Å². The van der Waals surface area contributed by atoms with Crippen LogP contribution in [0.3, 0.4) is 0 Å². The highest BCUT2D eigenvalue weighted by atomic mass is 19.1. The number of nitrogens with zero attached hydrogens (tertiary/aromatic N) is 1.